The summed E-state index contributed by atoms with van der Waals surface area (Å²) in [6.07, 6.45) is 5.23. The average molecular weight is 221 g/mol. The second-order valence-electron chi connectivity index (χ2n) is 4.69. The van der Waals surface area contributed by atoms with Crippen LogP contribution in [-0.4, -0.2) is 28.8 Å². The molecule has 1 saturated heterocycles. The maximum Gasteiger partial charge on any atom is 0.0653 e. The van der Waals surface area contributed by atoms with Gasteiger partial charge in [0, 0.05) is 25.8 Å². The van der Waals surface area contributed by atoms with E-state index in [2.05, 4.69) is 9.88 Å². The zero-order chi connectivity index (χ0) is 11.6. The first-order valence-corrected chi connectivity index (χ1v) is 5.73. The first-order chi connectivity index (χ1) is 7.62. The summed E-state index contributed by atoms with van der Waals surface area (Å²) in [6.45, 7) is 4.17. The van der Waals surface area contributed by atoms with Crippen LogP contribution in [0.3, 0.4) is 0 Å². The highest BCUT2D eigenvalue weighted by atomic mass is 16.3. The van der Waals surface area contributed by atoms with E-state index >= 15 is 0 Å². The molecule has 0 unspecified atom stereocenters. The van der Waals surface area contributed by atoms with Crippen LogP contribution >= 0.6 is 0 Å². The molecule has 4 nitrogen and oxygen atoms in total. The topological polar surface area (TPSA) is 62.4 Å². The van der Waals surface area contributed by atoms with E-state index in [0.29, 0.717) is 6.54 Å². The van der Waals surface area contributed by atoms with Crippen molar-refractivity contribution >= 4 is 5.69 Å². The van der Waals surface area contributed by atoms with Gasteiger partial charge in [0.25, 0.3) is 0 Å². The van der Waals surface area contributed by atoms with Crippen molar-refractivity contribution < 1.29 is 5.11 Å². The van der Waals surface area contributed by atoms with Crippen molar-refractivity contribution in [3.63, 3.8) is 0 Å². The van der Waals surface area contributed by atoms with Crippen LogP contribution in [0.25, 0.3) is 0 Å². The van der Waals surface area contributed by atoms with Crippen molar-refractivity contribution in [1.29, 1.82) is 0 Å². The molecule has 1 fully saturated rings. The number of aromatic nitrogens is 1. The van der Waals surface area contributed by atoms with Crippen LogP contribution in [0.1, 0.15) is 25.3 Å². The molecule has 0 aliphatic carbocycles. The summed E-state index contributed by atoms with van der Waals surface area (Å²) in [5.41, 5.74) is 7.43. The Hall–Kier alpha value is -1.13. The van der Waals surface area contributed by atoms with Gasteiger partial charge in [-0.05, 0) is 31.4 Å². The highest BCUT2D eigenvalue weighted by Crippen LogP contribution is 2.27. The predicted octanol–water partition coefficient (Wildman–Crippen LogP) is 0.891. The van der Waals surface area contributed by atoms with Crippen molar-refractivity contribution in [1.82, 2.24) is 4.98 Å². The normalized spacial score (nSPS) is 19.8. The van der Waals surface area contributed by atoms with Gasteiger partial charge in [0.15, 0.2) is 0 Å². The Balaban J connectivity index is 2.14. The molecule has 1 aliphatic rings. The van der Waals surface area contributed by atoms with E-state index in [0.717, 1.165) is 37.2 Å². The number of rotatable bonds is 2. The third kappa shape index (κ3) is 2.33. The molecular weight excluding hydrogens is 202 g/mol. The number of nitrogens with two attached hydrogens (primary N) is 1. The van der Waals surface area contributed by atoms with Gasteiger partial charge in [-0.25, -0.2) is 0 Å². The van der Waals surface area contributed by atoms with E-state index in [-0.39, 0.29) is 0 Å². The van der Waals surface area contributed by atoms with Gasteiger partial charge >= 0.3 is 0 Å². The Morgan fingerprint density at radius 3 is 2.81 bits per heavy atom. The number of nitrogens with zero attached hydrogens (tertiary/aromatic N) is 2. The van der Waals surface area contributed by atoms with Gasteiger partial charge in [-0.3, -0.25) is 4.98 Å². The molecular formula is C12H19N3O. The van der Waals surface area contributed by atoms with Gasteiger partial charge in [0.1, 0.15) is 0 Å². The first kappa shape index (κ1) is 11.4. The summed E-state index contributed by atoms with van der Waals surface area (Å²) in [6, 6.07) is 1.96. The van der Waals surface area contributed by atoms with Gasteiger partial charge in [0.05, 0.1) is 17.5 Å². The van der Waals surface area contributed by atoms with Crippen molar-refractivity contribution in [3.8, 4) is 0 Å². The van der Waals surface area contributed by atoms with Crippen LogP contribution in [0.2, 0.25) is 0 Å². The number of anilines is 1. The number of hydrogen-bond acceptors (Lipinski definition) is 4. The van der Waals surface area contributed by atoms with Crippen molar-refractivity contribution in [2.75, 3.05) is 18.0 Å². The second kappa shape index (κ2) is 4.39. The molecule has 1 aromatic heterocycles. The Morgan fingerprint density at radius 2 is 2.19 bits per heavy atom. The smallest absolute Gasteiger partial charge is 0.0653 e. The SMILES string of the molecule is CC1(O)CCN(c2cnccc2CN)CC1. The minimum absolute atomic E-state index is 0.512. The summed E-state index contributed by atoms with van der Waals surface area (Å²) in [4.78, 5) is 6.40. The average Bonchev–Trinajstić information content (AvgIpc) is 2.29. The lowest BCUT2D eigenvalue weighted by atomic mass is 9.93. The molecule has 4 heteroatoms. The lowest BCUT2D eigenvalue weighted by molar-refractivity contribution is 0.0351. The van der Waals surface area contributed by atoms with Crippen LogP contribution in [0.4, 0.5) is 5.69 Å². The van der Waals surface area contributed by atoms with Crippen LogP contribution in [-0.2, 0) is 6.54 Å². The number of aliphatic hydroxyl groups is 1. The molecule has 0 saturated carbocycles. The maximum absolute atomic E-state index is 9.90. The maximum atomic E-state index is 9.90. The minimum atomic E-state index is -0.512. The molecule has 16 heavy (non-hydrogen) atoms. The molecule has 0 spiro atoms. The third-order valence-electron chi connectivity index (χ3n) is 3.29. The summed E-state index contributed by atoms with van der Waals surface area (Å²) in [7, 11) is 0. The number of pyridine rings is 1. The molecule has 3 N–H and O–H groups in total. The molecule has 0 aromatic carbocycles. The fourth-order valence-electron chi connectivity index (χ4n) is 2.10. The van der Waals surface area contributed by atoms with Gasteiger partial charge in [-0.1, -0.05) is 0 Å². The molecule has 0 atom stereocenters. The lowest BCUT2D eigenvalue weighted by Gasteiger charge is -2.37. The monoisotopic (exact) mass is 221 g/mol. The molecule has 0 bridgehead atoms. The molecule has 2 rings (SSSR count). The Labute approximate surface area is 96.1 Å². The number of hydrogen-bond donors (Lipinski definition) is 2. The molecule has 0 amide bonds. The van der Waals surface area contributed by atoms with Gasteiger partial charge in [-0.2, -0.15) is 0 Å². The van der Waals surface area contributed by atoms with Gasteiger partial charge in [-0.15, -0.1) is 0 Å². The second-order valence-corrected chi connectivity index (χ2v) is 4.69. The van der Waals surface area contributed by atoms with E-state index < -0.39 is 5.60 Å². The molecule has 88 valence electrons. The van der Waals surface area contributed by atoms with Gasteiger partial charge in [0.2, 0.25) is 0 Å². The summed E-state index contributed by atoms with van der Waals surface area (Å²) < 4.78 is 0. The fourth-order valence-corrected chi connectivity index (χ4v) is 2.10. The Morgan fingerprint density at radius 1 is 1.50 bits per heavy atom. The van der Waals surface area contributed by atoms with Crippen LogP contribution in [0, 0.1) is 0 Å². The fraction of sp³-hybridized carbons (Fsp3) is 0.583. The standard InChI is InChI=1S/C12H19N3O/c1-12(16)3-6-15(7-4-12)11-9-14-5-2-10(11)8-13/h2,5,9,16H,3-4,6-8,13H2,1H3. The zero-order valence-corrected chi connectivity index (χ0v) is 9.69. The van der Waals surface area contributed by atoms with Crippen LogP contribution in [0.15, 0.2) is 18.5 Å². The lowest BCUT2D eigenvalue weighted by Crippen LogP contribution is -2.42. The highest BCUT2D eigenvalue weighted by Gasteiger charge is 2.28. The summed E-state index contributed by atoms with van der Waals surface area (Å²) in [5, 5.41) is 9.90. The van der Waals surface area contributed by atoms with Gasteiger partial charge < -0.3 is 15.7 Å². The molecule has 2 heterocycles. The van der Waals surface area contributed by atoms with Crippen molar-refractivity contribution in [2.45, 2.75) is 31.9 Å². The Kier molecular flexibility index (Phi) is 3.12. The molecule has 1 aromatic rings. The quantitative estimate of drug-likeness (QED) is 0.778. The minimum Gasteiger partial charge on any atom is -0.390 e. The Bertz CT molecular complexity index is 355. The molecule has 0 radical (unpaired) electrons. The third-order valence-corrected chi connectivity index (χ3v) is 3.29. The van der Waals surface area contributed by atoms with E-state index in [4.69, 9.17) is 5.73 Å². The van der Waals surface area contributed by atoms with E-state index in [1.807, 2.05) is 19.2 Å². The summed E-state index contributed by atoms with van der Waals surface area (Å²) >= 11 is 0. The summed E-state index contributed by atoms with van der Waals surface area (Å²) in [5.74, 6) is 0. The molecule has 1 aliphatic heterocycles. The highest BCUT2D eigenvalue weighted by molar-refractivity contribution is 5.52. The zero-order valence-electron chi connectivity index (χ0n) is 9.69. The first-order valence-electron chi connectivity index (χ1n) is 5.73. The van der Waals surface area contributed by atoms with E-state index in [1.165, 1.54) is 0 Å². The van der Waals surface area contributed by atoms with Crippen LogP contribution in [0.5, 0.6) is 0 Å². The van der Waals surface area contributed by atoms with E-state index in [9.17, 15) is 5.11 Å². The largest absolute Gasteiger partial charge is 0.390 e. The number of piperidine rings is 1. The van der Waals surface area contributed by atoms with Crippen LogP contribution < -0.4 is 10.6 Å². The van der Waals surface area contributed by atoms with E-state index in [1.54, 1.807) is 6.20 Å². The van der Waals surface area contributed by atoms with Crippen molar-refractivity contribution in [3.05, 3.63) is 24.0 Å². The van der Waals surface area contributed by atoms with Crippen molar-refractivity contribution in [2.24, 2.45) is 5.73 Å². The predicted molar refractivity (Wildman–Crippen MR) is 64.2 cm³/mol.